The van der Waals surface area contributed by atoms with Crippen LogP contribution in [0.15, 0.2) is 71.6 Å². The molecule has 4 aromatic rings. The Morgan fingerprint density at radius 2 is 1.71 bits per heavy atom. The van der Waals surface area contributed by atoms with Crippen molar-refractivity contribution in [1.82, 2.24) is 15.0 Å². The molecule has 0 bridgehead atoms. The number of fused-ring (bicyclic) bond motifs is 1. The van der Waals surface area contributed by atoms with E-state index in [2.05, 4.69) is 15.5 Å². The van der Waals surface area contributed by atoms with E-state index < -0.39 is 0 Å². The molecule has 140 valence electrons. The molecule has 28 heavy (non-hydrogen) atoms. The zero-order valence-electron chi connectivity index (χ0n) is 14.5. The molecule has 3 aromatic carbocycles. The molecule has 1 heterocycles. The minimum Gasteiger partial charge on any atom is -0.325 e. The van der Waals surface area contributed by atoms with Gasteiger partial charge in [-0.25, -0.2) is 4.39 Å². The van der Waals surface area contributed by atoms with E-state index in [0.29, 0.717) is 27.4 Å². The third kappa shape index (κ3) is 4.32. The van der Waals surface area contributed by atoms with Gasteiger partial charge in [-0.1, -0.05) is 11.6 Å². The number of nitrogens with zero attached hydrogens (tertiary/aromatic N) is 3. The van der Waals surface area contributed by atoms with Gasteiger partial charge in [-0.05, 0) is 66.7 Å². The van der Waals surface area contributed by atoms with E-state index in [1.54, 1.807) is 42.5 Å². The molecule has 0 aliphatic rings. The van der Waals surface area contributed by atoms with E-state index in [-0.39, 0.29) is 17.5 Å². The van der Waals surface area contributed by atoms with Crippen LogP contribution in [0.2, 0.25) is 5.02 Å². The first-order chi connectivity index (χ1) is 13.6. The number of nitrogens with one attached hydrogen (secondary N) is 1. The number of halogens is 2. The number of amides is 1. The average Bonchev–Trinajstić information content (AvgIpc) is 3.11. The lowest BCUT2D eigenvalue weighted by molar-refractivity contribution is -0.113. The van der Waals surface area contributed by atoms with E-state index in [0.717, 1.165) is 4.90 Å². The predicted molar refractivity (Wildman–Crippen MR) is 110 cm³/mol. The van der Waals surface area contributed by atoms with Crippen molar-refractivity contribution in [2.45, 2.75) is 4.90 Å². The number of anilines is 1. The lowest BCUT2D eigenvalue weighted by atomic mass is 10.3. The van der Waals surface area contributed by atoms with Gasteiger partial charge in [0.1, 0.15) is 16.9 Å². The molecule has 0 saturated heterocycles. The fourth-order valence-electron chi connectivity index (χ4n) is 2.56. The van der Waals surface area contributed by atoms with Crippen LogP contribution in [-0.4, -0.2) is 26.7 Å². The number of rotatable bonds is 5. The summed E-state index contributed by atoms with van der Waals surface area (Å²) in [5.74, 6) is -0.158. The molecular formula is C20H14ClFN4OS. The normalized spacial score (nSPS) is 10.9. The standard InChI is InChI=1S/C20H14ClFN4OS/c21-13-1-8-17(9-2-13)28-12-20(27)23-15-5-10-18-19(11-15)25-26(24-18)16-6-3-14(22)4-7-16/h1-11H,12H2,(H,23,27). The van der Waals surface area contributed by atoms with Gasteiger partial charge in [0.25, 0.3) is 0 Å². The summed E-state index contributed by atoms with van der Waals surface area (Å²) in [6, 6.07) is 18.6. The van der Waals surface area contributed by atoms with Gasteiger partial charge in [0, 0.05) is 15.6 Å². The van der Waals surface area contributed by atoms with E-state index in [9.17, 15) is 9.18 Å². The third-order valence-electron chi connectivity index (χ3n) is 3.91. The van der Waals surface area contributed by atoms with Crippen LogP contribution in [0.3, 0.4) is 0 Å². The fourth-order valence-corrected chi connectivity index (χ4v) is 3.38. The Hall–Kier alpha value is -2.90. The minimum absolute atomic E-state index is 0.120. The summed E-state index contributed by atoms with van der Waals surface area (Å²) >= 11 is 7.29. The van der Waals surface area contributed by atoms with Crippen molar-refractivity contribution < 1.29 is 9.18 Å². The summed E-state index contributed by atoms with van der Waals surface area (Å²) in [6.07, 6.45) is 0. The van der Waals surface area contributed by atoms with Gasteiger partial charge in [-0.3, -0.25) is 4.79 Å². The highest BCUT2D eigenvalue weighted by Gasteiger charge is 2.08. The second kappa shape index (κ2) is 8.00. The largest absolute Gasteiger partial charge is 0.325 e. The van der Waals surface area contributed by atoms with Gasteiger partial charge in [-0.15, -0.1) is 22.0 Å². The van der Waals surface area contributed by atoms with Gasteiger partial charge in [0.05, 0.1) is 11.4 Å². The summed E-state index contributed by atoms with van der Waals surface area (Å²) in [5.41, 5.74) is 2.60. The summed E-state index contributed by atoms with van der Waals surface area (Å²) in [6.45, 7) is 0. The van der Waals surface area contributed by atoms with Crippen molar-refractivity contribution in [2.24, 2.45) is 0 Å². The first-order valence-electron chi connectivity index (χ1n) is 8.38. The van der Waals surface area contributed by atoms with Gasteiger partial charge in [-0.2, -0.15) is 4.80 Å². The second-order valence-electron chi connectivity index (χ2n) is 5.96. The fraction of sp³-hybridized carbons (Fsp3) is 0.0500. The molecule has 5 nitrogen and oxygen atoms in total. The maximum atomic E-state index is 13.1. The van der Waals surface area contributed by atoms with Crippen molar-refractivity contribution in [1.29, 1.82) is 0 Å². The maximum absolute atomic E-state index is 13.1. The van der Waals surface area contributed by atoms with E-state index >= 15 is 0 Å². The second-order valence-corrected chi connectivity index (χ2v) is 7.45. The molecule has 1 amide bonds. The topological polar surface area (TPSA) is 59.8 Å². The first kappa shape index (κ1) is 18.5. The summed E-state index contributed by atoms with van der Waals surface area (Å²) in [5, 5.41) is 12.3. The Balaban J connectivity index is 1.44. The van der Waals surface area contributed by atoms with Gasteiger partial charge >= 0.3 is 0 Å². The molecule has 0 radical (unpaired) electrons. The molecule has 0 atom stereocenters. The number of aromatic nitrogens is 3. The molecule has 4 rings (SSSR count). The monoisotopic (exact) mass is 412 g/mol. The zero-order valence-corrected chi connectivity index (χ0v) is 16.0. The highest BCUT2D eigenvalue weighted by Crippen LogP contribution is 2.21. The molecule has 1 aromatic heterocycles. The van der Waals surface area contributed by atoms with E-state index in [4.69, 9.17) is 11.6 Å². The van der Waals surface area contributed by atoms with Crippen LogP contribution in [0.1, 0.15) is 0 Å². The van der Waals surface area contributed by atoms with Gasteiger partial charge in [0.2, 0.25) is 5.91 Å². The van der Waals surface area contributed by atoms with Crippen LogP contribution >= 0.6 is 23.4 Å². The van der Waals surface area contributed by atoms with Crippen LogP contribution in [0.25, 0.3) is 16.7 Å². The molecule has 0 fully saturated rings. The average molecular weight is 413 g/mol. The van der Waals surface area contributed by atoms with Crippen LogP contribution in [0, 0.1) is 5.82 Å². The van der Waals surface area contributed by atoms with Crippen molar-refractivity contribution >= 4 is 46.0 Å². The number of hydrogen-bond donors (Lipinski definition) is 1. The highest BCUT2D eigenvalue weighted by molar-refractivity contribution is 8.00. The molecular weight excluding hydrogens is 399 g/mol. The number of benzene rings is 3. The molecule has 0 spiro atoms. The lowest BCUT2D eigenvalue weighted by Gasteiger charge is -2.05. The Morgan fingerprint density at radius 1 is 1.00 bits per heavy atom. The molecule has 1 N–H and O–H groups in total. The van der Waals surface area contributed by atoms with Crippen molar-refractivity contribution in [3.8, 4) is 5.69 Å². The Bertz CT molecular complexity index is 1130. The zero-order chi connectivity index (χ0) is 19.5. The van der Waals surface area contributed by atoms with Crippen LogP contribution in [0.5, 0.6) is 0 Å². The van der Waals surface area contributed by atoms with Crippen LogP contribution in [-0.2, 0) is 4.79 Å². The minimum atomic E-state index is -0.318. The SMILES string of the molecule is O=C(CSc1ccc(Cl)cc1)Nc1ccc2nn(-c3ccc(F)cc3)nc2c1. The van der Waals surface area contributed by atoms with Crippen molar-refractivity contribution in [2.75, 3.05) is 11.1 Å². The Morgan fingerprint density at radius 3 is 2.46 bits per heavy atom. The smallest absolute Gasteiger partial charge is 0.234 e. The summed E-state index contributed by atoms with van der Waals surface area (Å²) < 4.78 is 13.1. The number of carbonyl (C=O) groups is 1. The highest BCUT2D eigenvalue weighted by atomic mass is 35.5. The van der Waals surface area contributed by atoms with Crippen molar-refractivity contribution in [3.63, 3.8) is 0 Å². The molecule has 0 unspecified atom stereocenters. The molecule has 8 heteroatoms. The van der Waals surface area contributed by atoms with Crippen LogP contribution < -0.4 is 5.32 Å². The quantitative estimate of drug-likeness (QED) is 0.471. The van der Waals surface area contributed by atoms with Gasteiger partial charge < -0.3 is 5.32 Å². The summed E-state index contributed by atoms with van der Waals surface area (Å²) in [7, 11) is 0. The predicted octanol–water partition coefficient (Wildman–Crippen LogP) is 4.94. The molecule has 0 saturated carbocycles. The van der Waals surface area contributed by atoms with E-state index in [1.807, 2.05) is 12.1 Å². The molecule has 0 aliphatic heterocycles. The summed E-state index contributed by atoms with van der Waals surface area (Å²) in [4.78, 5) is 14.6. The Kier molecular flexibility index (Phi) is 5.27. The van der Waals surface area contributed by atoms with E-state index in [1.165, 1.54) is 28.7 Å². The van der Waals surface area contributed by atoms with Gasteiger partial charge in [0.15, 0.2) is 0 Å². The maximum Gasteiger partial charge on any atom is 0.234 e. The lowest BCUT2D eigenvalue weighted by Crippen LogP contribution is -2.13. The van der Waals surface area contributed by atoms with Crippen LogP contribution in [0.4, 0.5) is 10.1 Å². The Labute approximate surface area is 169 Å². The number of hydrogen-bond acceptors (Lipinski definition) is 4. The number of thioether (sulfide) groups is 1. The van der Waals surface area contributed by atoms with Crippen molar-refractivity contribution in [3.05, 3.63) is 77.6 Å². The third-order valence-corrected chi connectivity index (χ3v) is 5.17. The first-order valence-corrected chi connectivity index (χ1v) is 9.74. The number of carbonyl (C=O) groups excluding carboxylic acids is 1. The molecule has 0 aliphatic carbocycles.